The molecule has 1 rings (SSSR count). The van der Waals surface area contributed by atoms with Gasteiger partial charge in [0.15, 0.2) is 5.78 Å². The zero-order valence-electron chi connectivity index (χ0n) is 9.69. The van der Waals surface area contributed by atoms with Crippen molar-refractivity contribution in [1.82, 2.24) is 0 Å². The molecule has 7 heteroatoms. The minimum atomic E-state index is -3.27. The summed E-state index contributed by atoms with van der Waals surface area (Å²) in [5.41, 5.74) is 4.72. The van der Waals surface area contributed by atoms with Crippen LogP contribution < -0.4 is 5.73 Å². The number of hydrogen-bond acceptors (Lipinski definition) is 4. The average Bonchev–Trinajstić information content (AvgIpc) is 2.24. The molecule has 0 fully saturated rings. The third-order valence-electron chi connectivity index (χ3n) is 2.35. The first-order chi connectivity index (χ1) is 8.22. The van der Waals surface area contributed by atoms with Gasteiger partial charge < -0.3 is 5.73 Å². The van der Waals surface area contributed by atoms with E-state index in [0.29, 0.717) is 0 Å². The van der Waals surface area contributed by atoms with Crippen LogP contribution >= 0.6 is 0 Å². The lowest BCUT2D eigenvalue weighted by atomic mass is 10.0. The Morgan fingerprint density at radius 2 is 1.83 bits per heavy atom. The van der Waals surface area contributed by atoms with E-state index in [4.69, 9.17) is 5.73 Å². The van der Waals surface area contributed by atoms with Crippen molar-refractivity contribution in [1.29, 1.82) is 0 Å². The maximum Gasteiger partial charge on any atom is 0.185 e. The topological polar surface area (TPSA) is 77.2 Å². The van der Waals surface area contributed by atoms with Crippen LogP contribution in [-0.4, -0.2) is 32.3 Å². The van der Waals surface area contributed by atoms with Crippen molar-refractivity contribution in [3.05, 3.63) is 35.4 Å². The Bertz CT molecular complexity index is 537. The molecule has 4 nitrogen and oxygen atoms in total. The van der Waals surface area contributed by atoms with E-state index in [9.17, 15) is 22.0 Å². The van der Waals surface area contributed by atoms with E-state index < -0.39 is 38.9 Å². The van der Waals surface area contributed by atoms with Gasteiger partial charge in [-0.05, 0) is 18.6 Å². The van der Waals surface area contributed by atoms with Gasteiger partial charge in [0, 0.05) is 6.26 Å². The van der Waals surface area contributed by atoms with E-state index >= 15 is 0 Å². The van der Waals surface area contributed by atoms with Crippen molar-refractivity contribution in [3.8, 4) is 0 Å². The number of rotatable bonds is 5. The van der Waals surface area contributed by atoms with Gasteiger partial charge in [0.05, 0.1) is 17.4 Å². The lowest BCUT2D eigenvalue weighted by molar-refractivity contribution is 0.0951. The second kappa shape index (κ2) is 5.53. The van der Waals surface area contributed by atoms with E-state index in [1.54, 1.807) is 0 Å². The molecule has 100 valence electrons. The Kier molecular flexibility index (Phi) is 4.53. The SMILES string of the molecule is CS(=O)(=O)CCC(N)C(=O)c1c(F)cccc1F. The lowest BCUT2D eigenvalue weighted by Crippen LogP contribution is -2.33. The molecule has 0 radical (unpaired) electrons. The molecule has 0 heterocycles. The van der Waals surface area contributed by atoms with Crippen molar-refractivity contribution in [2.75, 3.05) is 12.0 Å². The third-order valence-corrected chi connectivity index (χ3v) is 3.32. The van der Waals surface area contributed by atoms with Crippen LogP contribution in [0.4, 0.5) is 8.78 Å². The van der Waals surface area contributed by atoms with Crippen LogP contribution in [0, 0.1) is 11.6 Å². The van der Waals surface area contributed by atoms with Crippen molar-refractivity contribution in [2.45, 2.75) is 12.5 Å². The number of carbonyl (C=O) groups excluding carboxylic acids is 1. The predicted octanol–water partition coefficient (Wildman–Crippen LogP) is 0.910. The average molecular weight is 277 g/mol. The summed E-state index contributed by atoms with van der Waals surface area (Å²) < 4.78 is 48.4. The fourth-order valence-electron chi connectivity index (χ4n) is 1.39. The molecule has 0 bridgehead atoms. The number of halogens is 2. The fraction of sp³-hybridized carbons (Fsp3) is 0.364. The maximum atomic E-state index is 13.3. The zero-order valence-corrected chi connectivity index (χ0v) is 10.5. The first-order valence-corrected chi connectivity index (χ1v) is 7.20. The molecule has 2 N–H and O–H groups in total. The number of hydrogen-bond donors (Lipinski definition) is 1. The summed E-state index contributed by atoms with van der Waals surface area (Å²) in [6.45, 7) is 0. The molecule has 1 atom stereocenters. The van der Waals surface area contributed by atoms with Gasteiger partial charge in [-0.15, -0.1) is 0 Å². The van der Waals surface area contributed by atoms with Gasteiger partial charge in [-0.2, -0.15) is 0 Å². The highest BCUT2D eigenvalue weighted by molar-refractivity contribution is 7.90. The summed E-state index contributed by atoms with van der Waals surface area (Å²) in [5, 5.41) is 0. The minimum absolute atomic E-state index is 0.175. The summed E-state index contributed by atoms with van der Waals surface area (Å²) in [4.78, 5) is 11.7. The van der Waals surface area contributed by atoms with Crippen LogP contribution in [-0.2, 0) is 9.84 Å². The van der Waals surface area contributed by atoms with Crippen molar-refractivity contribution in [2.24, 2.45) is 5.73 Å². The predicted molar refractivity (Wildman–Crippen MR) is 63.0 cm³/mol. The highest BCUT2D eigenvalue weighted by atomic mass is 32.2. The molecule has 0 spiro atoms. The Balaban J connectivity index is 2.87. The number of benzene rings is 1. The highest BCUT2D eigenvalue weighted by Crippen LogP contribution is 2.15. The molecular formula is C11H13F2NO3S. The van der Waals surface area contributed by atoms with E-state index in [1.165, 1.54) is 0 Å². The summed E-state index contributed by atoms with van der Waals surface area (Å²) in [6, 6.07) is 1.77. The Morgan fingerprint density at radius 1 is 1.33 bits per heavy atom. The van der Waals surface area contributed by atoms with Crippen LogP contribution in [0.3, 0.4) is 0 Å². The quantitative estimate of drug-likeness (QED) is 0.811. The van der Waals surface area contributed by atoms with Gasteiger partial charge in [-0.1, -0.05) is 6.07 Å². The molecule has 0 saturated heterocycles. The van der Waals surface area contributed by atoms with E-state index in [0.717, 1.165) is 24.5 Å². The van der Waals surface area contributed by atoms with E-state index in [1.807, 2.05) is 0 Å². The first-order valence-electron chi connectivity index (χ1n) is 5.14. The van der Waals surface area contributed by atoms with Gasteiger partial charge >= 0.3 is 0 Å². The third kappa shape index (κ3) is 3.85. The van der Waals surface area contributed by atoms with Gasteiger partial charge in [0.25, 0.3) is 0 Å². The van der Waals surface area contributed by atoms with Crippen LogP contribution in [0.25, 0.3) is 0 Å². The van der Waals surface area contributed by atoms with Crippen LogP contribution in [0.15, 0.2) is 18.2 Å². The molecule has 1 aromatic carbocycles. The van der Waals surface area contributed by atoms with Crippen LogP contribution in [0.5, 0.6) is 0 Å². The van der Waals surface area contributed by atoms with E-state index in [2.05, 4.69) is 0 Å². The molecule has 1 unspecified atom stereocenters. The number of sulfone groups is 1. The summed E-state index contributed by atoms with van der Waals surface area (Å²) >= 11 is 0. The fourth-order valence-corrected chi connectivity index (χ4v) is 2.07. The highest BCUT2D eigenvalue weighted by Gasteiger charge is 2.23. The minimum Gasteiger partial charge on any atom is -0.321 e. The molecule has 1 aromatic rings. The number of nitrogens with two attached hydrogens (primary N) is 1. The van der Waals surface area contributed by atoms with Gasteiger partial charge in [-0.3, -0.25) is 4.79 Å². The van der Waals surface area contributed by atoms with Crippen LogP contribution in [0.2, 0.25) is 0 Å². The molecule has 0 aliphatic rings. The van der Waals surface area contributed by atoms with Gasteiger partial charge in [0.2, 0.25) is 0 Å². The number of carbonyl (C=O) groups is 1. The Hall–Kier alpha value is -1.34. The van der Waals surface area contributed by atoms with Gasteiger partial charge in [0.1, 0.15) is 21.5 Å². The standard InChI is InChI=1S/C11H13F2NO3S/c1-18(16,17)6-5-9(14)11(15)10-7(12)3-2-4-8(10)13/h2-4,9H,5-6,14H2,1H3. The molecule has 0 saturated carbocycles. The monoisotopic (exact) mass is 277 g/mol. The van der Waals surface area contributed by atoms with Crippen molar-refractivity contribution < 1.29 is 22.0 Å². The zero-order chi connectivity index (χ0) is 13.9. The van der Waals surface area contributed by atoms with E-state index in [-0.39, 0.29) is 12.2 Å². The Labute approximate surface area is 104 Å². The summed E-state index contributed by atoms with van der Waals surface area (Å²) in [5.74, 6) is -3.26. The molecule has 18 heavy (non-hydrogen) atoms. The Morgan fingerprint density at radius 3 is 2.28 bits per heavy atom. The molecule has 0 aliphatic carbocycles. The van der Waals surface area contributed by atoms with Crippen molar-refractivity contribution in [3.63, 3.8) is 0 Å². The normalized spacial score (nSPS) is 13.3. The lowest BCUT2D eigenvalue weighted by Gasteiger charge is -2.11. The first kappa shape index (κ1) is 14.7. The number of ketones is 1. The largest absolute Gasteiger partial charge is 0.321 e. The summed E-state index contributed by atoms with van der Waals surface area (Å²) in [6.07, 6.45) is 0.819. The van der Waals surface area contributed by atoms with Crippen molar-refractivity contribution >= 4 is 15.6 Å². The second-order valence-electron chi connectivity index (χ2n) is 3.99. The van der Waals surface area contributed by atoms with Gasteiger partial charge in [-0.25, -0.2) is 17.2 Å². The maximum absolute atomic E-state index is 13.3. The molecule has 0 amide bonds. The van der Waals surface area contributed by atoms with Crippen LogP contribution in [0.1, 0.15) is 16.8 Å². The molecule has 0 aliphatic heterocycles. The smallest absolute Gasteiger partial charge is 0.185 e. The molecular weight excluding hydrogens is 264 g/mol. The number of Topliss-reactive ketones (excluding diaryl/α,β-unsaturated/α-hetero) is 1. The molecule has 0 aromatic heterocycles. The summed E-state index contributed by atoms with van der Waals surface area (Å²) in [7, 11) is -3.27. The second-order valence-corrected chi connectivity index (χ2v) is 6.25.